The summed E-state index contributed by atoms with van der Waals surface area (Å²) >= 11 is 0. The van der Waals surface area contributed by atoms with Gasteiger partial charge < -0.3 is 5.11 Å². The molecule has 0 bridgehead atoms. The van der Waals surface area contributed by atoms with Crippen molar-refractivity contribution in [2.24, 2.45) is 5.92 Å². The van der Waals surface area contributed by atoms with Gasteiger partial charge >= 0.3 is 0 Å². The van der Waals surface area contributed by atoms with E-state index in [2.05, 4.69) is 4.72 Å². The summed E-state index contributed by atoms with van der Waals surface area (Å²) in [6.07, 6.45) is 1.05. The highest BCUT2D eigenvalue weighted by Gasteiger charge is 2.33. The summed E-state index contributed by atoms with van der Waals surface area (Å²) in [5.41, 5.74) is 0.0728. The van der Waals surface area contributed by atoms with Crippen LogP contribution in [0.3, 0.4) is 0 Å². The van der Waals surface area contributed by atoms with Gasteiger partial charge in [0.15, 0.2) is 0 Å². The third-order valence-corrected chi connectivity index (χ3v) is 4.85. The van der Waals surface area contributed by atoms with Crippen molar-refractivity contribution in [1.29, 1.82) is 0 Å². The lowest BCUT2D eigenvalue weighted by Gasteiger charge is -2.34. The lowest BCUT2D eigenvalue weighted by Crippen LogP contribution is -2.45. The molecule has 1 aliphatic carbocycles. The number of hydrogen-bond donors (Lipinski definition) is 2. The van der Waals surface area contributed by atoms with E-state index in [9.17, 15) is 17.2 Å². The Morgan fingerprint density at radius 2 is 1.95 bits per heavy atom. The molecule has 7 heteroatoms. The molecule has 1 fully saturated rings. The Labute approximate surface area is 110 Å². The Balaban J connectivity index is 2.18. The molecule has 0 spiro atoms. The second-order valence-corrected chi connectivity index (χ2v) is 6.55. The largest absolute Gasteiger partial charge is 0.396 e. The van der Waals surface area contributed by atoms with E-state index in [0.717, 1.165) is 6.07 Å². The molecule has 0 amide bonds. The van der Waals surface area contributed by atoms with E-state index in [1.54, 1.807) is 0 Å². The van der Waals surface area contributed by atoms with Crippen molar-refractivity contribution in [1.82, 2.24) is 4.72 Å². The third-order valence-electron chi connectivity index (χ3n) is 3.32. The molecule has 1 aliphatic rings. The van der Waals surface area contributed by atoms with Crippen molar-refractivity contribution < 1.29 is 22.3 Å². The van der Waals surface area contributed by atoms with Crippen LogP contribution in [0.15, 0.2) is 17.0 Å². The predicted molar refractivity (Wildman–Crippen MR) is 65.0 cm³/mol. The number of sulfonamides is 1. The third kappa shape index (κ3) is 2.93. The number of benzene rings is 1. The summed E-state index contributed by atoms with van der Waals surface area (Å²) in [5, 5.41) is 8.85. The van der Waals surface area contributed by atoms with Gasteiger partial charge in [-0.15, -0.1) is 0 Å². The van der Waals surface area contributed by atoms with Crippen LogP contribution >= 0.6 is 0 Å². The molecule has 0 atom stereocenters. The molecule has 19 heavy (non-hydrogen) atoms. The highest BCUT2D eigenvalue weighted by atomic mass is 32.2. The summed E-state index contributed by atoms with van der Waals surface area (Å²) in [7, 11) is -4.00. The maximum Gasteiger partial charge on any atom is 0.243 e. The summed E-state index contributed by atoms with van der Waals surface area (Å²) in [5.74, 6) is -1.79. The van der Waals surface area contributed by atoms with Gasteiger partial charge in [-0.1, -0.05) is 0 Å². The van der Waals surface area contributed by atoms with Crippen molar-refractivity contribution in [3.8, 4) is 0 Å². The van der Waals surface area contributed by atoms with E-state index in [-0.39, 0.29) is 24.1 Å². The molecule has 1 saturated carbocycles. The van der Waals surface area contributed by atoms with Crippen molar-refractivity contribution in [3.05, 3.63) is 29.3 Å². The average Bonchev–Trinajstić information content (AvgIpc) is 2.27. The fraction of sp³-hybridized carbons (Fsp3) is 0.500. The molecule has 106 valence electrons. The van der Waals surface area contributed by atoms with Crippen molar-refractivity contribution in [3.63, 3.8) is 0 Å². The number of halogens is 2. The first kappa shape index (κ1) is 14.4. The van der Waals surface area contributed by atoms with Crippen LogP contribution in [-0.4, -0.2) is 26.2 Å². The highest BCUT2D eigenvalue weighted by molar-refractivity contribution is 7.89. The summed E-state index contributed by atoms with van der Waals surface area (Å²) in [6.45, 7) is 1.39. The van der Waals surface area contributed by atoms with Gasteiger partial charge in [0.2, 0.25) is 10.0 Å². The molecular formula is C12H15F2NO3S. The first-order valence-electron chi connectivity index (χ1n) is 5.92. The smallest absolute Gasteiger partial charge is 0.243 e. The molecule has 0 unspecified atom stereocenters. The zero-order valence-corrected chi connectivity index (χ0v) is 11.2. The standard InChI is InChI=1S/C12H15F2NO3S/c1-7-2-12(11(14)5-10(7)13)19(17,18)15-9-3-8(4-9)6-16/h2,5,8-9,15-16H,3-4,6H2,1H3. The van der Waals surface area contributed by atoms with Crippen LogP contribution in [0, 0.1) is 24.5 Å². The lowest BCUT2D eigenvalue weighted by molar-refractivity contribution is 0.137. The number of rotatable bonds is 4. The normalized spacial score (nSPS) is 23.2. The van der Waals surface area contributed by atoms with Gasteiger partial charge in [-0.05, 0) is 37.3 Å². The Hall–Kier alpha value is -1.05. The van der Waals surface area contributed by atoms with Gasteiger partial charge in [-0.2, -0.15) is 0 Å². The van der Waals surface area contributed by atoms with Crippen LogP contribution in [0.25, 0.3) is 0 Å². The monoisotopic (exact) mass is 291 g/mol. The van der Waals surface area contributed by atoms with Gasteiger partial charge in [-0.25, -0.2) is 21.9 Å². The first-order valence-corrected chi connectivity index (χ1v) is 7.40. The first-order chi connectivity index (χ1) is 8.83. The van der Waals surface area contributed by atoms with Crippen LogP contribution in [0.4, 0.5) is 8.78 Å². The minimum Gasteiger partial charge on any atom is -0.396 e. The lowest BCUT2D eigenvalue weighted by atomic mass is 9.82. The maximum absolute atomic E-state index is 13.5. The molecule has 1 aromatic carbocycles. The van der Waals surface area contributed by atoms with Crippen LogP contribution in [-0.2, 0) is 10.0 Å². The molecule has 0 aromatic heterocycles. The van der Waals surface area contributed by atoms with E-state index in [4.69, 9.17) is 5.11 Å². The number of hydrogen-bond acceptors (Lipinski definition) is 3. The molecule has 2 rings (SSSR count). The second-order valence-electron chi connectivity index (χ2n) is 4.87. The Bertz CT molecular complexity index is 583. The SMILES string of the molecule is Cc1cc(S(=O)(=O)NC2CC(CO)C2)c(F)cc1F. The van der Waals surface area contributed by atoms with Gasteiger partial charge in [0.05, 0.1) is 0 Å². The van der Waals surface area contributed by atoms with Crippen LogP contribution in [0.5, 0.6) is 0 Å². The van der Waals surface area contributed by atoms with E-state index in [1.165, 1.54) is 6.92 Å². The molecule has 4 nitrogen and oxygen atoms in total. The number of nitrogens with one attached hydrogen (secondary N) is 1. The quantitative estimate of drug-likeness (QED) is 0.879. The van der Waals surface area contributed by atoms with Gasteiger partial charge in [0, 0.05) is 18.7 Å². The zero-order valence-electron chi connectivity index (χ0n) is 10.4. The van der Waals surface area contributed by atoms with Crippen LogP contribution in [0.1, 0.15) is 18.4 Å². The number of aryl methyl sites for hydroxylation is 1. The van der Waals surface area contributed by atoms with E-state index >= 15 is 0 Å². The Kier molecular flexibility index (Phi) is 3.89. The fourth-order valence-corrected chi connectivity index (χ4v) is 3.51. The van der Waals surface area contributed by atoms with E-state index in [0.29, 0.717) is 18.9 Å². The predicted octanol–water partition coefficient (Wildman–Crippen LogP) is 1.32. The second kappa shape index (κ2) is 5.15. The van der Waals surface area contributed by atoms with Gasteiger partial charge in [0.1, 0.15) is 16.5 Å². The Morgan fingerprint density at radius 3 is 2.53 bits per heavy atom. The minimum absolute atomic E-state index is 0.0161. The van der Waals surface area contributed by atoms with E-state index < -0.39 is 26.6 Å². The van der Waals surface area contributed by atoms with Crippen LogP contribution < -0.4 is 4.72 Å². The molecule has 0 radical (unpaired) electrons. The molecule has 0 heterocycles. The molecular weight excluding hydrogens is 276 g/mol. The van der Waals surface area contributed by atoms with Crippen molar-refractivity contribution in [2.75, 3.05) is 6.61 Å². The van der Waals surface area contributed by atoms with Crippen LogP contribution in [0.2, 0.25) is 0 Å². The minimum atomic E-state index is -4.00. The van der Waals surface area contributed by atoms with Crippen molar-refractivity contribution in [2.45, 2.75) is 30.7 Å². The number of aliphatic hydroxyl groups is 1. The van der Waals surface area contributed by atoms with Gasteiger partial charge in [0.25, 0.3) is 0 Å². The van der Waals surface area contributed by atoms with E-state index in [1.807, 2.05) is 0 Å². The molecule has 0 saturated heterocycles. The number of aliphatic hydroxyl groups excluding tert-OH is 1. The topological polar surface area (TPSA) is 66.4 Å². The fourth-order valence-electron chi connectivity index (χ4n) is 2.10. The maximum atomic E-state index is 13.5. The molecule has 0 aliphatic heterocycles. The molecule has 1 aromatic rings. The highest BCUT2D eigenvalue weighted by Crippen LogP contribution is 2.28. The summed E-state index contributed by atoms with van der Waals surface area (Å²) in [4.78, 5) is -0.543. The Morgan fingerprint density at radius 1 is 1.32 bits per heavy atom. The summed E-state index contributed by atoms with van der Waals surface area (Å²) < 4.78 is 53.0. The molecule has 2 N–H and O–H groups in total. The van der Waals surface area contributed by atoms with Crippen molar-refractivity contribution >= 4 is 10.0 Å². The summed E-state index contributed by atoms with van der Waals surface area (Å²) in [6, 6.07) is 1.25. The van der Waals surface area contributed by atoms with Gasteiger partial charge in [-0.3, -0.25) is 0 Å². The zero-order chi connectivity index (χ0) is 14.2. The average molecular weight is 291 g/mol.